The minimum Gasteiger partial charge on any atom is -0.382 e. The average Bonchev–Trinajstić information content (AvgIpc) is 3.06. The van der Waals surface area contributed by atoms with E-state index in [2.05, 4.69) is 10.4 Å². The lowest BCUT2D eigenvalue weighted by Crippen LogP contribution is -2.25. The molecular formula is C21H17F4N5O. The van der Waals surface area contributed by atoms with Crippen LogP contribution in [0.25, 0.3) is 5.69 Å². The number of alkyl halides is 3. The first-order valence-corrected chi connectivity index (χ1v) is 9.19. The van der Waals surface area contributed by atoms with Gasteiger partial charge in [0.05, 0.1) is 16.9 Å². The van der Waals surface area contributed by atoms with Gasteiger partial charge in [0.25, 0.3) is 5.91 Å². The predicted octanol–water partition coefficient (Wildman–Crippen LogP) is 3.85. The Morgan fingerprint density at radius 3 is 2.35 bits per heavy atom. The molecule has 2 aromatic carbocycles. The summed E-state index contributed by atoms with van der Waals surface area (Å²) in [5.74, 6) is -0.803. The first kappa shape index (κ1) is 21.8. The van der Waals surface area contributed by atoms with E-state index in [1.54, 1.807) is 0 Å². The van der Waals surface area contributed by atoms with Crippen LogP contribution in [-0.4, -0.2) is 22.2 Å². The predicted molar refractivity (Wildman–Crippen MR) is 105 cm³/mol. The second-order valence-corrected chi connectivity index (χ2v) is 6.64. The van der Waals surface area contributed by atoms with E-state index in [4.69, 9.17) is 5.73 Å². The molecule has 6 nitrogen and oxygen atoms in total. The Bertz CT molecular complexity index is 1110. The molecule has 0 saturated carbocycles. The summed E-state index contributed by atoms with van der Waals surface area (Å²) in [6, 6.07) is 11.4. The van der Waals surface area contributed by atoms with Crippen molar-refractivity contribution in [1.82, 2.24) is 15.1 Å². The van der Waals surface area contributed by atoms with E-state index in [0.29, 0.717) is 24.2 Å². The van der Waals surface area contributed by atoms with Crippen LogP contribution in [0.1, 0.15) is 33.6 Å². The molecule has 1 heterocycles. The van der Waals surface area contributed by atoms with Gasteiger partial charge >= 0.3 is 6.18 Å². The second-order valence-electron chi connectivity index (χ2n) is 6.64. The Morgan fingerprint density at radius 1 is 1.13 bits per heavy atom. The number of benzene rings is 2. The summed E-state index contributed by atoms with van der Waals surface area (Å²) >= 11 is 0. The van der Waals surface area contributed by atoms with Gasteiger partial charge in [-0.3, -0.25) is 4.79 Å². The number of rotatable bonds is 6. The Kier molecular flexibility index (Phi) is 6.25. The maximum atomic E-state index is 13.1. The van der Waals surface area contributed by atoms with Gasteiger partial charge in [0.15, 0.2) is 0 Å². The van der Waals surface area contributed by atoms with E-state index in [1.165, 1.54) is 28.9 Å². The second kappa shape index (κ2) is 8.87. The number of nitriles is 1. The smallest absolute Gasteiger partial charge is 0.382 e. The average molecular weight is 431 g/mol. The van der Waals surface area contributed by atoms with E-state index < -0.39 is 23.5 Å². The van der Waals surface area contributed by atoms with Crippen LogP contribution in [-0.2, 0) is 12.6 Å². The lowest BCUT2D eigenvalue weighted by molar-refractivity contribution is -0.137. The summed E-state index contributed by atoms with van der Waals surface area (Å²) in [5, 5.41) is 16.3. The van der Waals surface area contributed by atoms with Crippen molar-refractivity contribution >= 4 is 11.7 Å². The topological polar surface area (TPSA) is 96.7 Å². The zero-order valence-corrected chi connectivity index (χ0v) is 16.1. The van der Waals surface area contributed by atoms with Crippen LogP contribution in [0.2, 0.25) is 0 Å². The number of nitrogens with two attached hydrogens (primary N) is 1. The molecule has 0 unspecified atom stereocenters. The van der Waals surface area contributed by atoms with Gasteiger partial charge in [-0.05, 0) is 61.4 Å². The van der Waals surface area contributed by atoms with Crippen LogP contribution in [0.5, 0.6) is 0 Å². The molecule has 0 radical (unpaired) electrons. The van der Waals surface area contributed by atoms with E-state index in [1.807, 2.05) is 6.07 Å². The number of hydrogen-bond acceptors (Lipinski definition) is 4. The van der Waals surface area contributed by atoms with Crippen LogP contribution < -0.4 is 11.1 Å². The van der Waals surface area contributed by atoms with Crippen molar-refractivity contribution < 1.29 is 22.4 Å². The number of hydrogen-bond donors (Lipinski definition) is 2. The fraction of sp³-hybridized carbons (Fsp3) is 0.190. The monoisotopic (exact) mass is 431 g/mol. The molecule has 3 N–H and O–H groups in total. The van der Waals surface area contributed by atoms with Gasteiger partial charge in [-0.2, -0.15) is 23.5 Å². The zero-order valence-electron chi connectivity index (χ0n) is 16.1. The summed E-state index contributed by atoms with van der Waals surface area (Å²) < 4.78 is 52.2. The highest BCUT2D eigenvalue weighted by Gasteiger charge is 2.30. The van der Waals surface area contributed by atoms with Crippen molar-refractivity contribution in [3.63, 3.8) is 0 Å². The highest BCUT2D eigenvalue weighted by Crippen LogP contribution is 2.29. The Labute approximate surface area is 174 Å². The summed E-state index contributed by atoms with van der Waals surface area (Å²) in [6.07, 6.45) is -3.72. The zero-order chi connectivity index (χ0) is 22.6. The van der Waals surface area contributed by atoms with Gasteiger partial charge in [0, 0.05) is 12.1 Å². The number of carbonyl (C=O) groups excluding carboxylic acids is 1. The third-order valence-corrected chi connectivity index (χ3v) is 4.53. The van der Waals surface area contributed by atoms with Gasteiger partial charge in [-0.1, -0.05) is 0 Å². The third kappa shape index (κ3) is 5.01. The number of aromatic nitrogens is 2. The number of anilines is 1. The summed E-state index contributed by atoms with van der Waals surface area (Å²) in [5.41, 5.74) is 6.38. The molecule has 3 aromatic rings. The molecule has 0 aliphatic carbocycles. The van der Waals surface area contributed by atoms with Crippen molar-refractivity contribution in [2.45, 2.75) is 19.0 Å². The molecule has 3 rings (SSSR count). The maximum absolute atomic E-state index is 13.1. The normalized spacial score (nSPS) is 11.2. The minimum atomic E-state index is -4.47. The van der Waals surface area contributed by atoms with Crippen molar-refractivity contribution in [1.29, 1.82) is 5.26 Å². The molecular weight excluding hydrogens is 414 g/mol. The van der Waals surface area contributed by atoms with Crippen molar-refractivity contribution in [3.8, 4) is 11.8 Å². The fourth-order valence-electron chi connectivity index (χ4n) is 2.92. The van der Waals surface area contributed by atoms with Crippen molar-refractivity contribution in [2.24, 2.45) is 0 Å². The van der Waals surface area contributed by atoms with Gasteiger partial charge in [-0.25, -0.2) is 9.07 Å². The van der Waals surface area contributed by atoms with Crippen molar-refractivity contribution in [3.05, 3.63) is 76.7 Å². The molecule has 0 spiro atoms. The standard InChI is InChI=1S/C21H17F4N5O/c22-15-7-9-16(10-8-15)30-19(27)17(12-26)18(29-30)2-1-11-28-20(31)13-3-5-14(6-4-13)21(23,24)25/h3-10H,1-2,11,27H2,(H,28,31). The Balaban J connectivity index is 1.60. The molecule has 0 fully saturated rings. The summed E-state index contributed by atoms with van der Waals surface area (Å²) in [6.45, 7) is 0.216. The van der Waals surface area contributed by atoms with Gasteiger partial charge < -0.3 is 11.1 Å². The number of aryl methyl sites for hydroxylation is 1. The number of halogens is 4. The van der Waals surface area contributed by atoms with Gasteiger partial charge in [0.1, 0.15) is 23.3 Å². The fourth-order valence-corrected chi connectivity index (χ4v) is 2.92. The SMILES string of the molecule is N#Cc1c(CCCNC(=O)c2ccc(C(F)(F)F)cc2)nn(-c2ccc(F)cc2)c1N. The molecule has 0 aliphatic rings. The van der Waals surface area contributed by atoms with E-state index in [0.717, 1.165) is 24.3 Å². The van der Waals surface area contributed by atoms with E-state index in [-0.39, 0.29) is 23.5 Å². The number of nitrogens with zero attached hydrogens (tertiary/aromatic N) is 3. The summed E-state index contributed by atoms with van der Waals surface area (Å²) in [7, 11) is 0. The van der Waals surface area contributed by atoms with Crippen LogP contribution in [0.15, 0.2) is 48.5 Å². The number of carbonyl (C=O) groups is 1. The van der Waals surface area contributed by atoms with E-state index in [9.17, 15) is 27.6 Å². The number of nitrogens with one attached hydrogen (secondary N) is 1. The lowest BCUT2D eigenvalue weighted by atomic mass is 10.1. The molecule has 1 aromatic heterocycles. The first-order chi connectivity index (χ1) is 14.7. The Morgan fingerprint density at radius 2 is 1.77 bits per heavy atom. The molecule has 1 amide bonds. The quantitative estimate of drug-likeness (QED) is 0.458. The van der Waals surface area contributed by atoms with Crippen LogP contribution in [0.3, 0.4) is 0 Å². The van der Waals surface area contributed by atoms with E-state index >= 15 is 0 Å². The first-order valence-electron chi connectivity index (χ1n) is 9.19. The maximum Gasteiger partial charge on any atom is 0.416 e. The molecule has 10 heteroatoms. The minimum absolute atomic E-state index is 0.107. The largest absolute Gasteiger partial charge is 0.416 e. The van der Waals surface area contributed by atoms with Crippen LogP contribution in [0, 0.1) is 17.1 Å². The van der Waals surface area contributed by atoms with Crippen LogP contribution >= 0.6 is 0 Å². The lowest BCUT2D eigenvalue weighted by Gasteiger charge is -2.08. The van der Waals surface area contributed by atoms with Crippen LogP contribution in [0.4, 0.5) is 23.4 Å². The van der Waals surface area contributed by atoms with Gasteiger partial charge in [-0.15, -0.1) is 0 Å². The molecule has 0 aliphatic heterocycles. The van der Waals surface area contributed by atoms with Crippen molar-refractivity contribution in [2.75, 3.05) is 12.3 Å². The Hall–Kier alpha value is -3.87. The summed E-state index contributed by atoms with van der Waals surface area (Å²) in [4.78, 5) is 12.1. The molecule has 31 heavy (non-hydrogen) atoms. The molecule has 0 saturated heterocycles. The highest BCUT2D eigenvalue weighted by atomic mass is 19.4. The molecule has 0 atom stereocenters. The third-order valence-electron chi connectivity index (χ3n) is 4.53. The highest BCUT2D eigenvalue weighted by molar-refractivity contribution is 5.94. The number of amides is 1. The van der Waals surface area contributed by atoms with Gasteiger partial charge in [0.2, 0.25) is 0 Å². The molecule has 160 valence electrons. The molecule has 0 bridgehead atoms. The number of nitrogen functional groups attached to an aromatic ring is 1.